The minimum atomic E-state index is 0.560. The van der Waals surface area contributed by atoms with Gasteiger partial charge >= 0.3 is 0 Å². The van der Waals surface area contributed by atoms with E-state index in [0.29, 0.717) is 6.04 Å². The van der Waals surface area contributed by atoms with E-state index in [1.165, 1.54) is 23.2 Å². The Morgan fingerprint density at radius 2 is 2.24 bits per heavy atom. The predicted molar refractivity (Wildman–Crippen MR) is 89.1 cm³/mol. The highest BCUT2D eigenvalue weighted by molar-refractivity contribution is 5.46. The number of nitrogen functional groups attached to an aromatic ring is 1. The molecule has 1 aromatic carbocycles. The Hall–Kier alpha value is -1.74. The molecule has 2 aliphatic rings. The number of hydrogen-bond donors (Lipinski definition) is 2. The Labute approximate surface area is 127 Å². The fourth-order valence-corrected chi connectivity index (χ4v) is 3.29. The number of benzene rings is 1. The van der Waals surface area contributed by atoms with Crippen molar-refractivity contribution < 1.29 is 0 Å². The van der Waals surface area contributed by atoms with Gasteiger partial charge in [0.25, 0.3) is 0 Å². The van der Waals surface area contributed by atoms with Crippen LogP contribution in [0.3, 0.4) is 0 Å². The van der Waals surface area contributed by atoms with Crippen LogP contribution in [0.25, 0.3) is 0 Å². The zero-order chi connectivity index (χ0) is 14.7. The van der Waals surface area contributed by atoms with Gasteiger partial charge in [-0.1, -0.05) is 18.2 Å². The molecule has 1 aliphatic carbocycles. The summed E-state index contributed by atoms with van der Waals surface area (Å²) in [6.07, 6.45) is 10.1. The quantitative estimate of drug-likeness (QED) is 0.834. The standard InChI is InChI=1S/C18H25N3/c1-2-21-10-4-3-5-18(21)13-20-17-9-7-14-6-8-16(19)11-15(14)12-17/h3-6,8,11,17,20H,2,7,9-10,12-13,19H2,1H3. The van der Waals surface area contributed by atoms with Crippen LogP contribution in [0.2, 0.25) is 0 Å². The first-order valence-corrected chi connectivity index (χ1v) is 7.97. The second-order valence-electron chi connectivity index (χ2n) is 5.97. The summed E-state index contributed by atoms with van der Waals surface area (Å²) in [6, 6.07) is 6.91. The van der Waals surface area contributed by atoms with E-state index in [1.807, 2.05) is 6.07 Å². The van der Waals surface area contributed by atoms with Gasteiger partial charge in [0.2, 0.25) is 0 Å². The van der Waals surface area contributed by atoms with Gasteiger partial charge in [0, 0.05) is 37.1 Å². The second kappa shape index (κ2) is 6.35. The summed E-state index contributed by atoms with van der Waals surface area (Å²) in [5.41, 5.74) is 11.1. The Kier molecular flexibility index (Phi) is 4.30. The smallest absolute Gasteiger partial charge is 0.0359 e. The molecule has 3 rings (SSSR count). The number of nitrogens with zero attached hydrogens (tertiary/aromatic N) is 1. The minimum Gasteiger partial charge on any atom is -0.399 e. The first kappa shape index (κ1) is 14.2. The van der Waals surface area contributed by atoms with Gasteiger partial charge in [-0.05, 0) is 55.5 Å². The van der Waals surface area contributed by atoms with Gasteiger partial charge < -0.3 is 16.0 Å². The zero-order valence-electron chi connectivity index (χ0n) is 12.8. The van der Waals surface area contributed by atoms with Gasteiger partial charge in [-0.25, -0.2) is 0 Å². The van der Waals surface area contributed by atoms with E-state index < -0.39 is 0 Å². The van der Waals surface area contributed by atoms with E-state index in [9.17, 15) is 0 Å². The average molecular weight is 283 g/mol. The van der Waals surface area contributed by atoms with E-state index in [4.69, 9.17) is 5.73 Å². The summed E-state index contributed by atoms with van der Waals surface area (Å²) >= 11 is 0. The number of nitrogens with two attached hydrogens (primary N) is 1. The van der Waals surface area contributed by atoms with Gasteiger partial charge in [0.05, 0.1) is 0 Å². The van der Waals surface area contributed by atoms with Gasteiger partial charge in [0.15, 0.2) is 0 Å². The van der Waals surface area contributed by atoms with Crippen molar-refractivity contribution in [2.75, 3.05) is 25.4 Å². The van der Waals surface area contributed by atoms with Crippen LogP contribution < -0.4 is 11.1 Å². The third-order valence-corrected chi connectivity index (χ3v) is 4.57. The van der Waals surface area contributed by atoms with Gasteiger partial charge in [-0.2, -0.15) is 0 Å². The number of nitrogens with one attached hydrogen (secondary N) is 1. The first-order chi connectivity index (χ1) is 10.3. The summed E-state index contributed by atoms with van der Waals surface area (Å²) in [5.74, 6) is 0. The number of allylic oxidation sites excluding steroid dienone is 2. The lowest BCUT2D eigenvalue weighted by Crippen LogP contribution is -2.39. The Bertz CT molecular complexity index is 560. The molecule has 3 N–H and O–H groups in total. The number of fused-ring (bicyclic) bond motifs is 1. The minimum absolute atomic E-state index is 0.560. The highest BCUT2D eigenvalue weighted by Gasteiger charge is 2.19. The summed E-state index contributed by atoms with van der Waals surface area (Å²) < 4.78 is 0. The average Bonchev–Trinajstić information content (AvgIpc) is 2.52. The van der Waals surface area contributed by atoms with Crippen molar-refractivity contribution in [2.45, 2.75) is 32.2 Å². The molecule has 0 saturated carbocycles. The lowest BCUT2D eigenvalue weighted by Gasteiger charge is -2.30. The van der Waals surface area contributed by atoms with Gasteiger partial charge in [0.1, 0.15) is 0 Å². The largest absolute Gasteiger partial charge is 0.399 e. The SMILES string of the molecule is CCN1CC=CC=C1CNC1CCc2ccc(N)cc2C1. The van der Waals surface area contributed by atoms with E-state index in [0.717, 1.165) is 38.2 Å². The third-order valence-electron chi connectivity index (χ3n) is 4.57. The molecule has 0 aromatic heterocycles. The molecule has 21 heavy (non-hydrogen) atoms. The van der Waals surface area contributed by atoms with Gasteiger partial charge in [-0.15, -0.1) is 0 Å². The molecule has 0 bridgehead atoms. The number of hydrogen-bond acceptors (Lipinski definition) is 3. The third kappa shape index (κ3) is 3.30. The van der Waals surface area contributed by atoms with Crippen LogP contribution in [0.1, 0.15) is 24.5 Å². The van der Waals surface area contributed by atoms with Crippen LogP contribution in [0, 0.1) is 0 Å². The van der Waals surface area contributed by atoms with Crippen LogP contribution >= 0.6 is 0 Å². The van der Waals surface area contributed by atoms with Crippen LogP contribution in [-0.4, -0.2) is 30.6 Å². The first-order valence-electron chi connectivity index (χ1n) is 7.97. The normalized spacial score (nSPS) is 21.1. The Balaban J connectivity index is 1.60. The van der Waals surface area contributed by atoms with Crippen molar-refractivity contribution in [3.63, 3.8) is 0 Å². The summed E-state index contributed by atoms with van der Waals surface area (Å²) in [6.45, 7) is 5.28. The van der Waals surface area contributed by atoms with Crippen LogP contribution in [0.5, 0.6) is 0 Å². The number of aryl methyl sites for hydroxylation is 1. The lowest BCUT2D eigenvalue weighted by atomic mass is 9.88. The predicted octanol–water partition coefficient (Wildman–Crippen LogP) is 2.49. The number of anilines is 1. The molecular weight excluding hydrogens is 258 g/mol. The van der Waals surface area contributed by atoms with E-state index >= 15 is 0 Å². The zero-order valence-corrected chi connectivity index (χ0v) is 12.8. The fraction of sp³-hybridized carbons (Fsp3) is 0.444. The number of likely N-dealkylation sites (N-methyl/N-ethyl adjacent to an activating group) is 1. The van der Waals surface area contributed by atoms with Crippen molar-refractivity contribution in [3.05, 3.63) is 53.3 Å². The topological polar surface area (TPSA) is 41.3 Å². The molecule has 1 aromatic rings. The molecule has 112 valence electrons. The molecule has 0 radical (unpaired) electrons. The monoisotopic (exact) mass is 283 g/mol. The molecule has 0 saturated heterocycles. The summed E-state index contributed by atoms with van der Waals surface area (Å²) in [5, 5.41) is 3.73. The van der Waals surface area contributed by atoms with Crippen LogP contribution in [-0.2, 0) is 12.8 Å². The molecule has 3 nitrogen and oxygen atoms in total. The van der Waals surface area contributed by atoms with Crippen molar-refractivity contribution in [3.8, 4) is 0 Å². The highest BCUT2D eigenvalue weighted by Crippen LogP contribution is 2.23. The lowest BCUT2D eigenvalue weighted by molar-refractivity contribution is 0.366. The molecule has 0 spiro atoms. The van der Waals surface area contributed by atoms with Gasteiger partial charge in [-0.3, -0.25) is 0 Å². The Morgan fingerprint density at radius 1 is 1.33 bits per heavy atom. The molecule has 1 atom stereocenters. The molecular formula is C18H25N3. The van der Waals surface area contributed by atoms with Crippen molar-refractivity contribution in [2.24, 2.45) is 0 Å². The molecule has 1 unspecified atom stereocenters. The summed E-state index contributed by atoms with van der Waals surface area (Å²) in [4.78, 5) is 2.42. The summed E-state index contributed by atoms with van der Waals surface area (Å²) in [7, 11) is 0. The fourth-order valence-electron chi connectivity index (χ4n) is 3.29. The number of rotatable bonds is 4. The molecule has 0 fully saturated rings. The van der Waals surface area contributed by atoms with E-state index in [-0.39, 0.29) is 0 Å². The molecule has 1 aliphatic heterocycles. The highest BCUT2D eigenvalue weighted by atomic mass is 15.1. The van der Waals surface area contributed by atoms with Crippen molar-refractivity contribution in [1.29, 1.82) is 0 Å². The van der Waals surface area contributed by atoms with E-state index in [2.05, 4.69) is 47.5 Å². The van der Waals surface area contributed by atoms with Crippen LogP contribution in [0.4, 0.5) is 5.69 Å². The van der Waals surface area contributed by atoms with E-state index in [1.54, 1.807) is 0 Å². The Morgan fingerprint density at radius 3 is 3.10 bits per heavy atom. The van der Waals surface area contributed by atoms with Crippen molar-refractivity contribution in [1.82, 2.24) is 10.2 Å². The molecule has 3 heteroatoms. The molecule has 1 heterocycles. The second-order valence-corrected chi connectivity index (χ2v) is 5.97. The maximum absolute atomic E-state index is 5.91. The maximum atomic E-state index is 5.91. The van der Waals surface area contributed by atoms with Crippen LogP contribution in [0.15, 0.2) is 42.1 Å². The van der Waals surface area contributed by atoms with Crippen molar-refractivity contribution >= 4 is 5.69 Å². The molecule has 0 amide bonds. The maximum Gasteiger partial charge on any atom is 0.0359 e.